The zero-order valence-corrected chi connectivity index (χ0v) is 12.7. The Bertz CT molecular complexity index is 615. The van der Waals surface area contributed by atoms with Crippen molar-refractivity contribution in [1.29, 1.82) is 0 Å². The maximum Gasteiger partial charge on any atom is 0.339 e. The first kappa shape index (κ1) is 15.1. The SMILES string of the molecule is C=CC[C@H](OC(=O)c1c(C)cc(C)cc1C)c1ccco1. The predicted octanol–water partition coefficient (Wildman–Crippen LogP) is 4.68. The van der Waals surface area contributed by atoms with Crippen LogP contribution in [0.25, 0.3) is 0 Å². The summed E-state index contributed by atoms with van der Waals surface area (Å²) in [6.45, 7) is 9.56. The molecule has 0 radical (unpaired) electrons. The van der Waals surface area contributed by atoms with E-state index in [0.29, 0.717) is 17.7 Å². The van der Waals surface area contributed by atoms with Crippen LogP contribution in [0.1, 0.15) is 45.3 Å². The van der Waals surface area contributed by atoms with Crippen LogP contribution in [0.2, 0.25) is 0 Å². The van der Waals surface area contributed by atoms with E-state index in [1.807, 2.05) is 32.9 Å². The van der Waals surface area contributed by atoms with E-state index in [1.54, 1.807) is 24.5 Å². The van der Waals surface area contributed by atoms with E-state index < -0.39 is 6.10 Å². The highest BCUT2D eigenvalue weighted by atomic mass is 16.6. The van der Waals surface area contributed by atoms with E-state index in [2.05, 4.69) is 6.58 Å². The van der Waals surface area contributed by atoms with Crippen molar-refractivity contribution < 1.29 is 13.9 Å². The fourth-order valence-corrected chi connectivity index (χ4v) is 2.54. The van der Waals surface area contributed by atoms with Crippen LogP contribution >= 0.6 is 0 Å². The van der Waals surface area contributed by atoms with Crippen molar-refractivity contribution >= 4 is 5.97 Å². The molecule has 0 aliphatic rings. The summed E-state index contributed by atoms with van der Waals surface area (Å²) in [5, 5.41) is 0. The van der Waals surface area contributed by atoms with Gasteiger partial charge in [0.05, 0.1) is 11.8 Å². The van der Waals surface area contributed by atoms with Gasteiger partial charge in [-0.1, -0.05) is 23.8 Å². The Hall–Kier alpha value is -2.29. The van der Waals surface area contributed by atoms with E-state index in [0.717, 1.165) is 16.7 Å². The number of rotatable bonds is 5. The minimum atomic E-state index is -0.440. The van der Waals surface area contributed by atoms with Crippen LogP contribution in [0.4, 0.5) is 0 Å². The van der Waals surface area contributed by atoms with E-state index >= 15 is 0 Å². The van der Waals surface area contributed by atoms with Crippen molar-refractivity contribution in [2.45, 2.75) is 33.3 Å². The highest BCUT2D eigenvalue weighted by molar-refractivity contribution is 5.93. The van der Waals surface area contributed by atoms with Crippen molar-refractivity contribution in [3.8, 4) is 0 Å². The van der Waals surface area contributed by atoms with Crippen molar-refractivity contribution in [2.75, 3.05) is 0 Å². The molecule has 1 atom stereocenters. The largest absolute Gasteiger partial charge is 0.465 e. The fourth-order valence-electron chi connectivity index (χ4n) is 2.54. The van der Waals surface area contributed by atoms with E-state index in [1.165, 1.54) is 0 Å². The molecule has 0 N–H and O–H groups in total. The zero-order valence-electron chi connectivity index (χ0n) is 12.7. The summed E-state index contributed by atoms with van der Waals surface area (Å²) in [6.07, 6.45) is 3.37. The lowest BCUT2D eigenvalue weighted by molar-refractivity contribution is 0.0251. The Morgan fingerprint density at radius 1 is 1.33 bits per heavy atom. The number of hydrogen-bond acceptors (Lipinski definition) is 3. The van der Waals surface area contributed by atoms with Gasteiger partial charge < -0.3 is 9.15 Å². The first-order chi connectivity index (χ1) is 10.0. The van der Waals surface area contributed by atoms with Crippen LogP contribution in [-0.4, -0.2) is 5.97 Å². The van der Waals surface area contributed by atoms with Gasteiger partial charge in [0, 0.05) is 6.42 Å². The lowest BCUT2D eigenvalue weighted by Gasteiger charge is -2.16. The molecule has 2 aromatic rings. The molecule has 1 aromatic carbocycles. The van der Waals surface area contributed by atoms with Gasteiger partial charge in [-0.25, -0.2) is 4.79 Å². The third-order valence-electron chi connectivity index (χ3n) is 3.37. The summed E-state index contributed by atoms with van der Waals surface area (Å²) >= 11 is 0. The molecule has 0 bridgehead atoms. The van der Waals surface area contributed by atoms with Gasteiger partial charge in [-0.05, 0) is 44.0 Å². The topological polar surface area (TPSA) is 39.4 Å². The first-order valence-corrected chi connectivity index (χ1v) is 6.96. The van der Waals surface area contributed by atoms with Gasteiger partial charge in [0.15, 0.2) is 6.10 Å². The van der Waals surface area contributed by atoms with Crippen LogP contribution < -0.4 is 0 Å². The Morgan fingerprint density at radius 2 is 2.00 bits per heavy atom. The summed E-state index contributed by atoms with van der Waals surface area (Å²) in [5.41, 5.74) is 3.61. The first-order valence-electron chi connectivity index (χ1n) is 6.96. The van der Waals surface area contributed by atoms with Gasteiger partial charge in [0.2, 0.25) is 0 Å². The van der Waals surface area contributed by atoms with Crippen molar-refractivity contribution in [2.24, 2.45) is 0 Å². The molecule has 0 saturated carbocycles. The summed E-state index contributed by atoms with van der Waals surface area (Å²) in [5.74, 6) is 0.305. The number of carbonyl (C=O) groups excluding carboxylic acids is 1. The third kappa shape index (κ3) is 3.43. The molecule has 3 heteroatoms. The number of carbonyl (C=O) groups is 1. The summed E-state index contributed by atoms with van der Waals surface area (Å²) in [7, 11) is 0. The van der Waals surface area contributed by atoms with Crippen LogP contribution in [0.15, 0.2) is 47.6 Å². The molecule has 2 rings (SSSR count). The lowest BCUT2D eigenvalue weighted by atomic mass is 10.00. The van der Waals surface area contributed by atoms with Crippen molar-refractivity contribution in [3.63, 3.8) is 0 Å². The van der Waals surface area contributed by atoms with E-state index in [4.69, 9.17) is 9.15 Å². The van der Waals surface area contributed by atoms with Crippen molar-refractivity contribution in [1.82, 2.24) is 0 Å². The monoisotopic (exact) mass is 284 g/mol. The number of esters is 1. The molecule has 110 valence electrons. The standard InChI is InChI=1S/C18H20O3/c1-5-7-16(15-8-6-9-20-15)21-18(19)17-13(3)10-12(2)11-14(17)4/h5-6,8-11,16H,1,7H2,2-4H3/t16-/m0/s1. The third-order valence-corrected chi connectivity index (χ3v) is 3.37. The molecule has 21 heavy (non-hydrogen) atoms. The number of furan rings is 1. The highest BCUT2D eigenvalue weighted by Crippen LogP contribution is 2.25. The second-order valence-electron chi connectivity index (χ2n) is 5.21. The average Bonchev–Trinajstić information content (AvgIpc) is 2.90. The highest BCUT2D eigenvalue weighted by Gasteiger charge is 2.21. The van der Waals surface area contributed by atoms with E-state index in [-0.39, 0.29) is 5.97 Å². The van der Waals surface area contributed by atoms with E-state index in [9.17, 15) is 4.79 Å². The zero-order chi connectivity index (χ0) is 15.4. The average molecular weight is 284 g/mol. The van der Waals surface area contributed by atoms with Gasteiger partial charge in [0.1, 0.15) is 5.76 Å². The summed E-state index contributed by atoms with van der Waals surface area (Å²) in [4.78, 5) is 12.5. The lowest BCUT2D eigenvalue weighted by Crippen LogP contribution is -2.13. The number of benzene rings is 1. The van der Waals surface area contributed by atoms with Gasteiger partial charge in [-0.3, -0.25) is 0 Å². The number of aryl methyl sites for hydroxylation is 3. The summed E-state index contributed by atoms with van der Waals surface area (Å²) < 4.78 is 11.0. The Kier molecular flexibility index (Phi) is 4.63. The Balaban J connectivity index is 2.26. The minimum absolute atomic E-state index is 0.326. The fraction of sp³-hybridized carbons (Fsp3) is 0.278. The van der Waals surface area contributed by atoms with Gasteiger partial charge in [-0.2, -0.15) is 0 Å². The van der Waals surface area contributed by atoms with Crippen LogP contribution in [0, 0.1) is 20.8 Å². The molecule has 1 heterocycles. The molecule has 1 aromatic heterocycles. The second-order valence-corrected chi connectivity index (χ2v) is 5.21. The molecule has 0 fully saturated rings. The minimum Gasteiger partial charge on any atom is -0.465 e. The smallest absolute Gasteiger partial charge is 0.339 e. The van der Waals surface area contributed by atoms with Gasteiger partial charge in [0.25, 0.3) is 0 Å². The number of ether oxygens (including phenoxy) is 1. The van der Waals surface area contributed by atoms with Crippen LogP contribution in [0.3, 0.4) is 0 Å². The normalized spacial score (nSPS) is 12.0. The van der Waals surface area contributed by atoms with Crippen molar-refractivity contribution in [3.05, 3.63) is 71.2 Å². The molecular formula is C18H20O3. The molecule has 0 aliphatic heterocycles. The predicted molar refractivity (Wildman–Crippen MR) is 82.3 cm³/mol. The van der Waals surface area contributed by atoms with Crippen LogP contribution in [-0.2, 0) is 4.74 Å². The molecule has 0 saturated heterocycles. The second kappa shape index (κ2) is 6.44. The summed E-state index contributed by atoms with van der Waals surface area (Å²) in [6, 6.07) is 7.55. The van der Waals surface area contributed by atoms with Gasteiger partial charge >= 0.3 is 5.97 Å². The Morgan fingerprint density at radius 3 is 2.52 bits per heavy atom. The molecule has 0 spiro atoms. The molecule has 0 unspecified atom stereocenters. The molecule has 3 nitrogen and oxygen atoms in total. The Labute approximate surface area is 125 Å². The quantitative estimate of drug-likeness (QED) is 0.591. The van der Waals surface area contributed by atoms with Crippen LogP contribution in [0.5, 0.6) is 0 Å². The molecule has 0 amide bonds. The maximum atomic E-state index is 12.5. The molecular weight excluding hydrogens is 264 g/mol. The number of hydrogen-bond donors (Lipinski definition) is 0. The maximum absolute atomic E-state index is 12.5. The van der Waals surface area contributed by atoms with Gasteiger partial charge in [-0.15, -0.1) is 6.58 Å². The molecule has 0 aliphatic carbocycles.